The molecule has 1 N–H and O–H groups in total. The molecule has 1 aliphatic carbocycles. The molecule has 6 nitrogen and oxygen atoms in total. The van der Waals surface area contributed by atoms with Crippen LogP contribution in [0.4, 0.5) is 11.4 Å². The highest BCUT2D eigenvalue weighted by molar-refractivity contribution is 8.25. The van der Waals surface area contributed by atoms with Crippen molar-refractivity contribution >= 4 is 86.7 Å². The van der Waals surface area contributed by atoms with Crippen LogP contribution in [0.15, 0.2) is 108 Å². The molecule has 3 fully saturated rings. The maximum absolute atomic E-state index is 13.9. The summed E-state index contributed by atoms with van der Waals surface area (Å²) in [6.45, 7) is 1.75. The van der Waals surface area contributed by atoms with Crippen LogP contribution in [0.25, 0.3) is 17.7 Å². The lowest BCUT2D eigenvalue weighted by atomic mass is 9.95. The summed E-state index contributed by atoms with van der Waals surface area (Å²) in [7, 11) is 0. The second-order valence-corrected chi connectivity index (χ2v) is 18.9. The number of carbonyl (C=O) groups excluding carboxylic acids is 2. The zero-order valence-corrected chi connectivity index (χ0v) is 35.4. The van der Waals surface area contributed by atoms with Gasteiger partial charge in [-0.15, -0.1) is 11.8 Å². The lowest BCUT2D eigenvalue weighted by Crippen LogP contribution is -2.44. The van der Waals surface area contributed by atoms with Crippen LogP contribution in [-0.4, -0.2) is 55.1 Å². The molecular weight excluding hydrogens is 777 g/mol. The van der Waals surface area contributed by atoms with Crippen LogP contribution in [0.5, 0.6) is 0 Å². The minimum Gasteiger partial charge on any atom is -0.480 e. The summed E-state index contributed by atoms with van der Waals surface area (Å²) in [4.78, 5) is 44.0. The van der Waals surface area contributed by atoms with E-state index in [1.165, 1.54) is 81.3 Å². The summed E-state index contributed by atoms with van der Waals surface area (Å²) < 4.78 is 0.675. The average molecular weight is 827 g/mol. The first kappa shape index (κ1) is 40.3. The number of unbranched alkanes of at least 4 members (excludes halogenated alkanes) is 5. The topological polar surface area (TPSA) is 77.9 Å². The quantitative estimate of drug-likeness (QED) is 0.0550. The van der Waals surface area contributed by atoms with E-state index in [0.29, 0.717) is 21.1 Å². The van der Waals surface area contributed by atoms with Crippen molar-refractivity contribution in [3.8, 4) is 0 Å². The fraction of sp³-hybridized carbons (Fsp3) is 0.347. The van der Waals surface area contributed by atoms with Gasteiger partial charge in [0, 0.05) is 23.3 Å². The standard InChI is InChI=1S/C49H50N2O4S3/c1-2-3-4-5-6-13-19-38-45(54)46(58-49(38)56)48-50(31-44(52)53)47(55)43(57-48)30-33-24-27-42-40(29-33)37-20-14-21-41(37)51(42)36-25-22-32(23-26-36)28-39(34-15-9-7-10-16-34)35-17-11-8-12-18-35/h7-12,15-18,22-30,37-38,41,46,48H,2-6,13-14,19-21,31H2,1H3,(H,52,53). The molecule has 5 atom stereocenters. The molecule has 3 aliphatic heterocycles. The first-order chi connectivity index (χ1) is 28.3. The second kappa shape index (κ2) is 18.2. The highest BCUT2D eigenvalue weighted by Crippen LogP contribution is 2.53. The number of hydrogen-bond donors (Lipinski definition) is 1. The lowest BCUT2D eigenvalue weighted by molar-refractivity contribution is -0.143. The largest absolute Gasteiger partial charge is 0.480 e. The van der Waals surface area contributed by atoms with E-state index in [4.69, 9.17) is 12.2 Å². The minimum absolute atomic E-state index is 0.0345. The van der Waals surface area contributed by atoms with Gasteiger partial charge in [0.05, 0.1) is 20.3 Å². The number of thioether (sulfide) groups is 2. The number of carbonyl (C=O) groups is 3. The Bertz CT molecular complexity index is 2180. The number of hydrogen-bond acceptors (Lipinski definition) is 7. The van der Waals surface area contributed by atoms with Crippen molar-refractivity contribution in [1.82, 2.24) is 4.90 Å². The summed E-state index contributed by atoms with van der Waals surface area (Å²) >= 11 is 8.39. The Morgan fingerprint density at radius 1 is 0.828 bits per heavy atom. The molecule has 2 saturated heterocycles. The molecule has 4 aliphatic rings. The zero-order valence-electron chi connectivity index (χ0n) is 32.9. The molecule has 0 aromatic heterocycles. The summed E-state index contributed by atoms with van der Waals surface area (Å²) in [6.07, 6.45) is 15.1. The van der Waals surface area contributed by atoms with Crippen molar-refractivity contribution in [1.29, 1.82) is 0 Å². The lowest BCUT2D eigenvalue weighted by Gasteiger charge is -2.27. The Kier molecular flexibility index (Phi) is 12.7. The van der Waals surface area contributed by atoms with Gasteiger partial charge in [-0.05, 0) is 89.1 Å². The van der Waals surface area contributed by atoms with Gasteiger partial charge in [0.1, 0.15) is 11.9 Å². The Morgan fingerprint density at radius 3 is 2.19 bits per heavy atom. The van der Waals surface area contributed by atoms with E-state index in [2.05, 4.69) is 109 Å². The van der Waals surface area contributed by atoms with Crippen LogP contribution in [0, 0.1) is 5.92 Å². The fourth-order valence-corrected chi connectivity index (χ4v) is 12.5. The zero-order chi connectivity index (χ0) is 40.2. The maximum atomic E-state index is 13.9. The Morgan fingerprint density at radius 2 is 1.50 bits per heavy atom. The second-order valence-electron chi connectivity index (χ2n) is 15.9. The van der Waals surface area contributed by atoms with Gasteiger partial charge < -0.3 is 14.9 Å². The Labute approximate surface area is 356 Å². The monoisotopic (exact) mass is 826 g/mol. The number of thiocarbonyl (C=S) groups is 1. The Hall–Kier alpha value is -4.44. The third kappa shape index (κ3) is 8.50. The SMILES string of the molecule is CCCCCCCCC1C(=O)C(C2SC(=Cc3ccc4c(c3)C3CCCC3N4c3ccc(C=C(c4ccccc4)c4ccccc4)cc3)C(=O)N2CC(=O)O)SC1=S. The van der Waals surface area contributed by atoms with Crippen molar-refractivity contribution in [3.63, 3.8) is 0 Å². The molecule has 1 amide bonds. The summed E-state index contributed by atoms with van der Waals surface area (Å²) in [5.74, 6) is -1.33. The molecule has 0 spiro atoms. The van der Waals surface area contributed by atoms with Gasteiger partial charge in [-0.25, -0.2) is 0 Å². The van der Waals surface area contributed by atoms with Gasteiger partial charge in [-0.1, -0.05) is 155 Å². The number of aliphatic carboxylic acids is 1. The molecule has 4 aromatic rings. The van der Waals surface area contributed by atoms with E-state index in [0.717, 1.165) is 56.1 Å². The van der Waals surface area contributed by atoms with Crippen LogP contribution in [0.1, 0.15) is 105 Å². The molecule has 58 heavy (non-hydrogen) atoms. The smallest absolute Gasteiger partial charge is 0.323 e. The molecule has 0 bridgehead atoms. The normalized spacial score (nSPS) is 23.2. The molecule has 9 heteroatoms. The van der Waals surface area contributed by atoms with Crippen molar-refractivity contribution in [2.75, 3.05) is 11.4 Å². The van der Waals surface area contributed by atoms with E-state index in [-0.39, 0.29) is 17.6 Å². The van der Waals surface area contributed by atoms with E-state index in [9.17, 15) is 19.5 Å². The van der Waals surface area contributed by atoms with E-state index >= 15 is 0 Å². The fourth-order valence-electron chi connectivity index (χ4n) is 9.22. The highest BCUT2D eigenvalue weighted by Gasteiger charge is 2.50. The van der Waals surface area contributed by atoms with Crippen molar-refractivity contribution in [2.45, 2.75) is 93.7 Å². The predicted octanol–water partition coefficient (Wildman–Crippen LogP) is 11.8. The van der Waals surface area contributed by atoms with Crippen LogP contribution in [0.3, 0.4) is 0 Å². The first-order valence-electron chi connectivity index (χ1n) is 20.8. The van der Waals surface area contributed by atoms with E-state index in [1.807, 2.05) is 18.2 Å². The maximum Gasteiger partial charge on any atom is 0.323 e. The number of fused-ring (bicyclic) bond motifs is 3. The summed E-state index contributed by atoms with van der Waals surface area (Å²) in [6, 6.07) is 36.7. The predicted molar refractivity (Wildman–Crippen MR) is 244 cm³/mol. The number of carboxylic acids is 1. The molecule has 298 valence electrons. The molecule has 3 heterocycles. The van der Waals surface area contributed by atoms with Gasteiger partial charge in [-0.2, -0.15) is 0 Å². The third-order valence-corrected chi connectivity index (χ3v) is 15.4. The van der Waals surface area contributed by atoms with Crippen molar-refractivity contribution in [3.05, 3.63) is 136 Å². The van der Waals surface area contributed by atoms with Crippen molar-refractivity contribution in [2.24, 2.45) is 5.92 Å². The number of Topliss-reactive ketones (excluding diaryl/α,β-unsaturated/α-hetero) is 1. The van der Waals surface area contributed by atoms with Crippen LogP contribution in [-0.2, 0) is 14.4 Å². The molecule has 5 unspecified atom stereocenters. The Balaban J connectivity index is 1.02. The number of rotatable bonds is 15. The molecule has 1 saturated carbocycles. The van der Waals surface area contributed by atoms with Crippen molar-refractivity contribution < 1.29 is 19.5 Å². The van der Waals surface area contributed by atoms with Gasteiger partial charge in [0.2, 0.25) is 0 Å². The number of carboxylic acid groups (broad SMARTS) is 1. The van der Waals surface area contributed by atoms with Gasteiger partial charge in [-0.3, -0.25) is 14.4 Å². The molecule has 4 aromatic carbocycles. The van der Waals surface area contributed by atoms with Crippen LogP contribution < -0.4 is 4.90 Å². The van der Waals surface area contributed by atoms with Gasteiger partial charge in [0.15, 0.2) is 5.78 Å². The third-order valence-electron chi connectivity index (χ3n) is 12.1. The average Bonchev–Trinajstić information content (AvgIpc) is 3.98. The molecule has 8 rings (SSSR count). The highest BCUT2D eigenvalue weighted by atomic mass is 32.2. The first-order valence-corrected chi connectivity index (χ1v) is 23.0. The summed E-state index contributed by atoms with van der Waals surface area (Å²) in [5.41, 5.74) is 9.23. The molecular formula is C49H50N2O4S3. The van der Waals surface area contributed by atoms with Gasteiger partial charge >= 0.3 is 5.97 Å². The van der Waals surface area contributed by atoms with E-state index in [1.54, 1.807) is 0 Å². The number of ketones is 1. The van der Waals surface area contributed by atoms with Crippen LogP contribution >= 0.6 is 35.7 Å². The molecule has 0 radical (unpaired) electrons. The minimum atomic E-state index is -1.09. The number of anilines is 2. The number of amides is 1. The van der Waals surface area contributed by atoms with Crippen LogP contribution in [0.2, 0.25) is 0 Å². The summed E-state index contributed by atoms with van der Waals surface area (Å²) in [5, 5.41) is 8.63. The number of nitrogens with zero attached hydrogens (tertiary/aromatic N) is 2. The van der Waals surface area contributed by atoms with E-state index < -0.39 is 23.1 Å². The number of benzene rings is 4. The van der Waals surface area contributed by atoms with Gasteiger partial charge in [0.25, 0.3) is 5.91 Å².